The van der Waals surface area contributed by atoms with Gasteiger partial charge in [0.25, 0.3) is 0 Å². The third-order valence-corrected chi connectivity index (χ3v) is 17.0. The van der Waals surface area contributed by atoms with E-state index in [4.69, 9.17) is 15.0 Å². The average molecular weight is 1100 g/mol. The second-order valence-corrected chi connectivity index (χ2v) is 27.8. The van der Waals surface area contributed by atoms with E-state index in [2.05, 4.69) is 284 Å². The zero-order valence-electron chi connectivity index (χ0n) is 51.8. The molecule has 12 aromatic rings. The van der Waals surface area contributed by atoms with Gasteiger partial charge in [-0.25, -0.2) is 15.0 Å². The summed E-state index contributed by atoms with van der Waals surface area (Å²) in [5.41, 5.74) is 23.3. The first-order valence-electron chi connectivity index (χ1n) is 29.6. The van der Waals surface area contributed by atoms with E-state index in [1.54, 1.807) is 0 Å². The van der Waals surface area contributed by atoms with E-state index in [1.807, 2.05) is 12.1 Å². The van der Waals surface area contributed by atoms with E-state index >= 15 is 0 Å². The fourth-order valence-corrected chi connectivity index (χ4v) is 12.0. The molecule has 0 radical (unpaired) electrons. The molecule has 9 aromatic carbocycles. The lowest BCUT2D eigenvalue weighted by Gasteiger charge is -2.26. The number of nitrogens with zero attached hydrogens (tertiary/aromatic N) is 6. The lowest BCUT2D eigenvalue weighted by Crippen LogP contribution is -2.17. The SMILES string of the molecule is Cc1ccc2c(c1)c1cc(C)ccc1n2-c1ccc(-c2nc(-c3cc(C(C)(C)C)cc(C(C)(C)C)c3)nc(-c3cc(C(C)(C)C)cc(C(C)(C)C)c3)n2)cc1-c1ccc(-c2ccc(C#N)cc2)cc1-n1c2ccc(C)cc2c2cc(C)ccc21. The molecule has 6 nitrogen and oxygen atoms in total. The quantitative estimate of drug-likeness (QED) is 0.159. The molecule has 0 aliphatic heterocycles. The summed E-state index contributed by atoms with van der Waals surface area (Å²) >= 11 is 0. The topological polar surface area (TPSA) is 72.3 Å². The first-order valence-corrected chi connectivity index (χ1v) is 29.6. The van der Waals surface area contributed by atoms with Gasteiger partial charge >= 0.3 is 0 Å². The number of aryl methyl sites for hydroxylation is 4. The van der Waals surface area contributed by atoms with E-state index in [0.29, 0.717) is 23.0 Å². The Balaban J connectivity index is 1.22. The monoisotopic (exact) mass is 1100 g/mol. The summed E-state index contributed by atoms with van der Waals surface area (Å²) in [5.74, 6) is 1.85. The van der Waals surface area contributed by atoms with Gasteiger partial charge in [0, 0.05) is 49.4 Å². The van der Waals surface area contributed by atoms with E-state index in [1.165, 1.54) is 66.1 Å². The molecule has 12 rings (SSSR count). The van der Waals surface area contributed by atoms with Crippen LogP contribution in [0.4, 0.5) is 0 Å². The van der Waals surface area contributed by atoms with Gasteiger partial charge in [-0.15, -0.1) is 0 Å². The second-order valence-electron chi connectivity index (χ2n) is 27.8. The van der Waals surface area contributed by atoms with Crippen molar-refractivity contribution in [3.63, 3.8) is 0 Å². The molecule has 3 aromatic heterocycles. The number of benzene rings is 9. The molecule has 0 aliphatic rings. The Bertz CT molecular complexity index is 4400. The van der Waals surface area contributed by atoms with Crippen LogP contribution in [0.15, 0.2) is 170 Å². The maximum Gasteiger partial charge on any atom is 0.164 e. The number of hydrogen-bond acceptors (Lipinski definition) is 4. The molecule has 0 N–H and O–H groups in total. The predicted molar refractivity (Wildman–Crippen MR) is 354 cm³/mol. The summed E-state index contributed by atoms with van der Waals surface area (Å²) in [6.45, 7) is 36.1. The Hall–Kier alpha value is -8.92. The van der Waals surface area contributed by atoms with Crippen LogP contribution in [0.5, 0.6) is 0 Å². The zero-order valence-corrected chi connectivity index (χ0v) is 51.8. The highest BCUT2D eigenvalue weighted by Crippen LogP contribution is 2.45. The molecule has 0 spiro atoms. The molecule has 418 valence electrons. The summed E-state index contributed by atoms with van der Waals surface area (Å²) in [7, 11) is 0. The fraction of sp³-hybridized carbons (Fsp3) is 0.256. The minimum absolute atomic E-state index is 0.131. The fourth-order valence-electron chi connectivity index (χ4n) is 12.0. The molecule has 0 atom stereocenters. The Labute approximate surface area is 496 Å². The predicted octanol–water partition coefficient (Wildman–Crippen LogP) is 20.7. The molecular weight excluding hydrogens is 1020 g/mol. The standard InChI is InChI=1S/C78H76N6/c1-46-17-28-66-61(33-46)62-34-47(2)18-29-67(62)83(66)70-32-26-53(41-65(70)60-27-25-52(51-23-21-50(45-79)22-24-51)42-71(60)84-68-30-19-48(3)35-63(68)64-36-49(4)20-31-69(64)84)72-80-73(54-37-56(75(5,6)7)43-57(38-54)76(8,9)10)82-74(81-72)55-39-58(77(11,12)13)44-59(40-55)78(14,15)16/h17-44H,1-16H3. The lowest BCUT2D eigenvalue weighted by molar-refractivity contribution is 0.568. The highest BCUT2D eigenvalue weighted by atomic mass is 15.0. The van der Waals surface area contributed by atoms with E-state index < -0.39 is 0 Å². The number of rotatable bonds is 7. The van der Waals surface area contributed by atoms with Gasteiger partial charge < -0.3 is 9.13 Å². The van der Waals surface area contributed by atoms with Gasteiger partial charge in [0.05, 0.1) is 45.1 Å². The Morgan fingerprint density at radius 2 is 0.655 bits per heavy atom. The van der Waals surface area contributed by atoms with Crippen LogP contribution in [0.3, 0.4) is 0 Å². The molecule has 84 heavy (non-hydrogen) atoms. The number of nitriles is 1. The molecule has 0 bridgehead atoms. The zero-order chi connectivity index (χ0) is 59.5. The van der Waals surface area contributed by atoms with Crippen molar-refractivity contribution >= 4 is 43.6 Å². The number of fused-ring (bicyclic) bond motifs is 6. The van der Waals surface area contributed by atoms with Crippen molar-refractivity contribution in [3.8, 4) is 73.9 Å². The van der Waals surface area contributed by atoms with Crippen LogP contribution >= 0.6 is 0 Å². The normalized spacial score (nSPS) is 12.5. The van der Waals surface area contributed by atoms with Crippen LogP contribution in [0, 0.1) is 39.0 Å². The molecule has 6 heteroatoms. The van der Waals surface area contributed by atoms with Crippen molar-refractivity contribution in [2.45, 2.75) is 132 Å². The largest absolute Gasteiger partial charge is 0.309 e. The molecule has 0 aliphatic carbocycles. The molecule has 0 unspecified atom stereocenters. The van der Waals surface area contributed by atoms with Crippen molar-refractivity contribution in [2.75, 3.05) is 0 Å². The van der Waals surface area contributed by atoms with Crippen LogP contribution < -0.4 is 0 Å². The van der Waals surface area contributed by atoms with Gasteiger partial charge in [0.1, 0.15) is 0 Å². The second kappa shape index (κ2) is 20.2. The van der Waals surface area contributed by atoms with E-state index in [-0.39, 0.29) is 21.7 Å². The van der Waals surface area contributed by atoms with Gasteiger partial charge in [-0.1, -0.05) is 166 Å². The van der Waals surface area contributed by atoms with Crippen LogP contribution in [-0.2, 0) is 21.7 Å². The maximum absolute atomic E-state index is 9.88. The molecule has 0 fully saturated rings. The molecular formula is C78H76N6. The first-order chi connectivity index (χ1) is 39.7. The summed E-state index contributed by atoms with van der Waals surface area (Å²) in [6, 6.07) is 65.2. The van der Waals surface area contributed by atoms with Gasteiger partial charge in [-0.2, -0.15) is 5.26 Å². The molecule has 3 heterocycles. The summed E-state index contributed by atoms with van der Waals surface area (Å²) < 4.78 is 4.92. The van der Waals surface area contributed by atoms with E-state index in [0.717, 1.165) is 72.4 Å². The first kappa shape index (κ1) is 55.6. The number of aromatic nitrogens is 5. The number of hydrogen-bond donors (Lipinski definition) is 0. The van der Waals surface area contributed by atoms with Crippen LogP contribution in [-0.4, -0.2) is 24.1 Å². The van der Waals surface area contributed by atoms with Crippen LogP contribution in [0.2, 0.25) is 0 Å². The molecule has 0 saturated carbocycles. The van der Waals surface area contributed by atoms with Crippen molar-refractivity contribution in [1.29, 1.82) is 5.26 Å². The Morgan fingerprint density at radius 3 is 1.02 bits per heavy atom. The lowest BCUT2D eigenvalue weighted by atomic mass is 9.79. The summed E-state index contributed by atoms with van der Waals surface area (Å²) in [4.78, 5) is 16.8. The third-order valence-electron chi connectivity index (χ3n) is 17.0. The van der Waals surface area contributed by atoms with Crippen molar-refractivity contribution in [2.24, 2.45) is 0 Å². The average Bonchev–Trinajstić information content (AvgIpc) is 2.49. The van der Waals surface area contributed by atoms with Gasteiger partial charge in [0.2, 0.25) is 0 Å². The van der Waals surface area contributed by atoms with E-state index in [9.17, 15) is 5.26 Å². The van der Waals surface area contributed by atoms with Gasteiger partial charge in [-0.3, -0.25) is 0 Å². The smallest absolute Gasteiger partial charge is 0.164 e. The van der Waals surface area contributed by atoms with Crippen molar-refractivity contribution in [3.05, 3.63) is 220 Å². The minimum Gasteiger partial charge on any atom is -0.309 e. The molecule has 0 saturated heterocycles. The van der Waals surface area contributed by atoms with Gasteiger partial charge in [0.15, 0.2) is 17.5 Å². The summed E-state index contributed by atoms with van der Waals surface area (Å²) in [6.07, 6.45) is 0. The third kappa shape index (κ3) is 10.2. The highest BCUT2D eigenvalue weighted by Gasteiger charge is 2.28. The Kier molecular flexibility index (Phi) is 13.3. The van der Waals surface area contributed by atoms with Crippen molar-refractivity contribution in [1.82, 2.24) is 24.1 Å². The molecule has 0 amide bonds. The highest BCUT2D eigenvalue weighted by molar-refractivity contribution is 6.12. The van der Waals surface area contributed by atoms with Crippen LogP contribution in [0.1, 0.15) is 133 Å². The summed E-state index contributed by atoms with van der Waals surface area (Å²) in [5, 5.41) is 14.7. The maximum atomic E-state index is 9.88. The van der Waals surface area contributed by atoms with Crippen LogP contribution in [0.25, 0.3) is 111 Å². The minimum atomic E-state index is -0.131. The van der Waals surface area contributed by atoms with Gasteiger partial charge in [-0.05, 0) is 192 Å². The van der Waals surface area contributed by atoms with Crippen molar-refractivity contribution < 1.29 is 0 Å². The Morgan fingerprint density at radius 1 is 0.310 bits per heavy atom.